The van der Waals surface area contributed by atoms with Gasteiger partial charge < -0.3 is 4.55 Å². The van der Waals surface area contributed by atoms with E-state index in [1.807, 2.05) is 19.1 Å². The smallest absolute Gasteiger partial charge is 0.744 e. The molecule has 0 saturated heterocycles. The van der Waals surface area contributed by atoms with Gasteiger partial charge in [0.15, 0.2) is 0 Å². The quantitative estimate of drug-likeness (QED) is 0.585. The second-order valence-corrected chi connectivity index (χ2v) is 7.74. The van der Waals surface area contributed by atoms with Crippen molar-refractivity contribution in [2.45, 2.75) is 64.2 Å². The second-order valence-electron chi connectivity index (χ2n) is 6.39. The largest absolute Gasteiger partial charge is 1.00 e. The molecule has 2 rings (SSSR count). The van der Waals surface area contributed by atoms with Gasteiger partial charge in [-0.1, -0.05) is 52.3 Å². The number of hydrogen-bond donors (Lipinski definition) is 0. The average Bonchev–Trinajstić information content (AvgIpc) is 2.75. The van der Waals surface area contributed by atoms with Gasteiger partial charge in [0.05, 0.1) is 4.90 Å². The molecule has 0 radical (unpaired) electrons. The molecule has 0 heterocycles. The molecule has 0 aromatic carbocycles. The van der Waals surface area contributed by atoms with Gasteiger partial charge in [0.25, 0.3) is 0 Å². The second kappa shape index (κ2) is 8.81. The Kier molecular flexibility index (Phi) is 7.95. The Morgan fingerprint density at radius 2 is 1.75 bits per heavy atom. The summed E-state index contributed by atoms with van der Waals surface area (Å²) in [5.74, 6) is 0.351. The van der Waals surface area contributed by atoms with E-state index in [-0.39, 0.29) is 34.5 Å². The van der Waals surface area contributed by atoms with Crippen LogP contribution in [-0.2, 0) is 23.0 Å². The van der Waals surface area contributed by atoms with E-state index in [9.17, 15) is 13.0 Å². The van der Waals surface area contributed by atoms with Gasteiger partial charge in [-0.25, -0.2) is 8.42 Å². The Labute approximate surface area is 168 Å². The number of fused-ring (bicyclic) bond motifs is 1. The molecule has 126 valence electrons. The zero-order valence-electron chi connectivity index (χ0n) is 15.3. The van der Waals surface area contributed by atoms with Crippen molar-refractivity contribution in [2.24, 2.45) is 0 Å². The molecule has 0 unspecified atom stereocenters. The van der Waals surface area contributed by atoms with Crippen LogP contribution >= 0.6 is 0 Å². The summed E-state index contributed by atoms with van der Waals surface area (Å²) in [5, 5.41) is 0. The first kappa shape index (κ1) is 21.7. The predicted molar refractivity (Wildman–Crippen MR) is 93.1 cm³/mol. The van der Waals surface area contributed by atoms with Crippen molar-refractivity contribution in [3.05, 3.63) is 41.0 Å². The molecule has 0 N–H and O–H groups in total. The monoisotopic (exact) mass is 356 g/mol. The first-order valence-corrected chi connectivity index (χ1v) is 9.74. The van der Waals surface area contributed by atoms with Crippen LogP contribution in [0.15, 0.2) is 29.2 Å². The molecule has 0 saturated carbocycles. The van der Waals surface area contributed by atoms with Gasteiger partial charge in [-0.15, -0.1) is 0 Å². The van der Waals surface area contributed by atoms with E-state index in [0.717, 1.165) is 36.0 Å². The zero-order chi connectivity index (χ0) is 17.2. The SMILES string of the molecule is CCCCc1cc(C(C)C)ccc2c(S(=O)(=O)[O-])cc(CC)c1-2.[Na+]. The number of unbranched alkanes of at least 4 members (excludes halogenated alkanes) is 1. The van der Waals surface area contributed by atoms with Crippen molar-refractivity contribution in [2.75, 3.05) is 0 Å². The van der Waals surface area contributed by atoms with Crippen LogP contribution in [0, 0.1) is 0 Å². The van der Waals surface area contributed by atoms with E-state index in [1.54, 1.807) is 6.07 Å². The standard InChI is InChI=1S/C19H26O3S.Na/c1-5-7-8-16-11-15(13(3)4)9-10-17-18(23(20,21)22)12-14(6-2)19(16)17;/h9-13H,5-8H2,1-4H3,(H,20,21,22);/q;+1/p-1. The number of aryl methyl sites for hydroxylation is 2. The first-order valence-electron chi connectivity index (χ1n) is 8.33. The average molecular weight is 356 g/mol. The third kappa shape index (κ3) is 4.61. The van der Waals surface area contributed by atoms with Crippen LogP contribution < -0.4 is 29.6 Å². The maximum absolute atomic E-state index is 11.7. The topological polar surface area (TPSA) is 57.2 Å². The molecule has 0 aromatic rings. The molecule has 0 aromatic heterocycles. The van der Waals surface area contributed by atoms with E-state index < -0.39 is 10.1 Å². The fraction of sp³-hybridized carbons (Fsp3) is 0.474. The van der Waals surface area contributed by atoms with Gasteiger partial charge >= 0.3 is 29.6 Å². The first-order chi connectivity index (χ1) is 10.8. The molecule has 0 fully saturated rings. The summed E-state index contributed by atoms with van der Waals surface area (Å²) < 4.78 is 35.0. The van der Waals surface area contributed by atoms with Crippen molar-refractivity contribution >= 4 is 10.1 Å². The van der Waals surface area contributed by atoms with E-state index in [0.29, 0.717) is 17.9 Å². The fourth-order valence-electron chi connectivity index (χ4n) is 3.06. The molecule has 2 aliphatic carbocycles. The summed E-state index contributed by atoms with van der Waals surface area (Å²) in [5.41, 5.74) is 4.81. The Hall–Kier alpha value is -0.390. The minimum absolute atomic E-state index is 0. The van der Waals surface area contributed by atoms with Crippen LogP contribution in [0.3, 0.4) is 0 Å². The molecule has 0 amide bonds. The summed E-state index contributed by atoms with van der Waals surface area (Å²) in [6.45, 7) is 8.38. The summed E-state index contributed by atoms with van der Waals surface area (Å²) in [7, 11) is -4.47. The molecule has 24 heavy (non-hydrogen) atoms. The number of rotatable bonds is 6. The molecular weight excluding hydrogens is 331 g/mol. The third-order valence-corrected chi connectivity index (χ3v) is 5.26. The van der Waals surface area contributed by atoms with E-state index in [2.05, 4.69) is 26.8 Å². The van der Waals surface area contributed by atoms with E-state index in [4.69, 9.17) is 0 Å². The maximum Gasteiger partial charge on any atom is 1.00 e. The zero-order valence-corrected chi connectivity index (χ0v) is 18.2. The van der Waals surface area contributed by atoms with Crippen LogP contribution in [0.4, 0.5) is 0 Å². The molecule has 0 atom stereocenters. The van der Waals surface area contributed by atoms with Crippen LogP contribution in [0.2, 0.25) is 0 Å². The molecule has 0 bridgehead atoms. The molecule has 0 spiro atoms. The van der Waals surface area contributed by atoms with Crippen molar-refractivity contribution in [3.8, 4) is 11.1 Å². The normalized spacial score (nSPS) is 11.8. The summed E-state index contributed by atoms with van der Waals surface area (Å²) in [6, 6.07) is 7.52. The van der Waals surface area contributed by atoms with Crippen LogP contribution in [0.25, 0.3) is 11.1 Å². The molecule has 3 nitrogen and oxygen atoms in total. The molecule has 5 heteroatoms. The van der Waals surface area contributed by atoms with Gasteiger partial charge in [0, 0.05) is 0 Å². The van der Waals surface area contributed by atoms with Gasteiger partial charge in [0.2, 0.25) is 0 Å². The van der Waals surface area contributed by atoms with Gasteiger partial charge in [0.1, 0.15) is 10.1 Å². The van der Waals surface area contributed by atoms with Crippen LogP contribution in [0.1, 0.15) is 63.1 Å². The van der Waals surface area contributed by atoms with Crippen LogP contribution in [0.5, 0.6) is 0 Å². The number of hydrogen-bond acceptors (Lipinski definition) is 3. The van der Waals surface area contributed by atoms with Gasteiger partial charge in [-0.2, -0.15) is 0 Å². The van der Waals surface area contributed by atoms with Crippen LogP contribution in [-0.4, -0.2) is 13.0 Å². The fourth-order valence-corrected chi connectivity index (χ4v) is 3.79. The summed E-state index contributed by atoms with van der Waals surface area (Å²) >= 11 is 0. The Morgan fingerprint density at radius 3 is 2.25 bits per heavy atom. The van der Waals surface area contributed by atoms with E-state index in [1.165, 1.54) is 5.56 Å². The maximum atomic E-state index is 11.7. The Balaban J connectivity index is 0.00000288. The van der Waals surface area contributed by atoms with Crippen molar-refractivity contribution < 1.29 is 42.5 Å². The predicted octanol–water partition coefficient (Wildman–Crippen LogP) is 1.73. The minimum atomic E-state index is -4.47. The molecule has 0 aliphatic heterocycles. The third-order valence-electron chi connectivity index (χ3n) is 4.38. The summed E-state index contributed by atoms with van der Waals surface area (Å²) in [6.07, 6.45) is 3.74. The minimum Gasteiger partial charge on any atom is -0.744 e. The summed E-state index contributed by atoms with van der Waals surface area (Å²) in [4.78, 5) is -0.0759. The molecular formula is C19H25NaO3S. The Bertz CT molecular complexity index is 767. The van der Waals surface area contributed by atoms with Crippen molar-refractivity contribution in [3.63, 3.8) is 0 Å². The van der Waals surface area contributed by atoms with Gasteiger partial charge in [-0.05, 0) is 59.1 Å². The Morgan fingerprint density at radius 1 is 1.08 bits per heavy atom. The van der Waals surface area contributed by atoms with Crippen molar-refractivity contribution in [1.29, 1.82) is 0 Å². The van der Waals surface area contributed by atoms with E-state index >= 15 is 0 Å². The molecule has 2 aliphatic rings. The van der Waals surface area contributed by atoms with Gasteiger partial charge in [-0.3, -0.25) is 0 Å². The van der Waals surface area contributed by atoms with Crippen molar-refractivity contribution in [1.82, 2.24) is 0 Å².